The zero-order valence-corrected chi connectivity index (χ0v) is 18.1. The Morgan fingerprint density at radius 3 is 2.44 bits per heavy atom. The molecule has 1 saturated heterocycles. The van der Waals surface area contributed by atoms with Crippen LogP contribution in [0.4, 0.5) is 0 Å². The Kier molecular flexibility index (Phi) is 4.14. The third-order valence-electron chi connectivity index (χ3n) is 8.87. The molecule has 5 heteroatoms. The van der Waals surface area contributed by atoms with Crippen LogP contribution < -0.4 is 0 Å². The first-order chi connectivity index (χ1) is 12.5. The molecule has 0 spiro atoms. The Labute approximate surface area is 164 Å². The predicted molar refractivity (Wildman–Crippen MR) is 107 cm³/mol. The summed E-state index contributed by atoms with van der Waals surface area (Å²) in [6, 6.07) is 0. The fraction of sp³-hybridized carbons (Fsp3) is 0.818. The van der Waals surface area contributed by atoms with Crippen molar-refractivity contribution < 1.29 is 18.3 Å². The second-order valence-corrected chi connectivity index (χ2v) is 12.8. The van der Waals surface area contributed by atoms with Gasteiger partial charge in [-0.2, -0.15) is 0 Å². The van der Waals surface area contributed by atoms with Crippen LogP contribution in [0.1, 0.15) is 59.8 Å². The Morgan fingerprint density at radius 1 is 1.07 bits per heavy atom. The van der Waals surface area contributed by atoms with E-state index >= 15 is 0 Å². The summed E-state index contributed by atoms with van der Waals surface area (Å²) in [5, 5.41) is 10.2. The van der Waals surface area contributed by atoms with Gasteiger partial charge in [-0.25, -0.2) is 8.42 Å². The molecule has 4 rings (SSSR count). The maximum absolute atomic E-state index is 13.4. The van der Waals surface area contributed by atoms with Crippen LogP contribution >= 0.6 is 0 Å². The zero-order valence-electron chi connectivity index (χ0n) is 17.3. The van der Waals surface area contributed by atoms with Gasteiger partial charge in [0.25, 0.3) is 0 Å². The maximum Gasteiger partial charge on any atom is 0.157 e. The molecule has 3 aliphatic carbocycles. The molecule has 2 unspecified atom stereocenters. The number of hydrogen-bond acceptors (Lipinski definition) is 4. The number of rotatable bonds is 1. The summed E-state index contributed by atoms with van der Waals surface area (Å²) >= 11 is 0. The van der Waals surface area contributed by atoms with E-state index < -0.39 is 15.1 Å². The highest BCUT2D eigenvalue weighted by Gasteiger charge is 2.66. The maximum atomic E-state index is 13.4. The first kappa shape index (κ1) is 19.4. The van der Waals surface area contributed by atoms with Crippen LogP contribution in [0, 0.1) is 34.0 Å². The number of aliphatic hydroxyl groups is 1. The summed E-state index contributed by atoms with van der Waals surface area (Å²) in [6.07, 6.45) is 8.93. The largest absolute Gasteiger partial charge is 0.512 e. The van der Waals surface area contributed by atoms with Gasteiger partial charge in [0.05, 0.1) is 18.1 Å². The Balaban J connectivity index is 1.84. The van der Waals surface area contributed by atoms with Crippen LogP contribution in [0.2, 0.25) is 0 Å². The van der Waals surface area contributed by atoms with Crippen LogP contribution in [0.5, 0.6) is 0 Å². The molecule has 1 N–H and O–H groups in total. The van der Waals surface area contributed by atoms with Crippen LogP contribution in [-0.4, -0.2) is 31.6 Å². The molecule has 2 saturated carbocycles. The molecular weight excluding hydrogens is 360 g/mol. The molecule has 3 fully saturated rings. The standard InChI is InChI=1S/C22H34O4S/c1-20(2)8-6-9-21(3)17(20)7-10-22(4)18(21)13-27(24,25)16-12-14(26-5)11-15(23)19(16)22/h11-12,16-19,23H,6-10,13H2,1-5H3/t16?,17-,18+,19?,21-,22+/m0/s1. The topological polar surface area (TPSA) is 63.6 Å². The van der Waals surface area contributed by atoms with Gasteiger partial charge in [0, 0.05) is 12.0 Å². The van der Waals surface area contributed by atoms with Crippen molar-refractivity contribution in [3.05, 3.63) is 23.7 Å². The van der Waals surface area contributed by atoms with Gasteiger partial charge in [-0.05, 0) is 59.8 Å². The van der Waals surface area contributed by atoms with Crippen molar-refractivity contribution in [2.75, 3.05) is 12.9 Å². The van der Waals surface area contributed by atoms with E-state index in [2.05, 4.69) is 27.7 Å². The number of fused-ring (bicyclic) bond motifs is 5. The van der Waals surface area contributed by atoms with Gasteiger partial charge >= 0.3 is 0 Å². The predicted octanol–water partition coefficient (Wildman–Crippen LogP) is 4.63. The Bertz CT molecular complexity index is 808. The molecule has 0 radical (unpaired) electrons. The van der Waals surface area contributed by atoms with E-state index in [1.807, 2.05) is 0 Å². The third kappa shape index (κ3) is 2.56. The molecule has 0 bridgehead atoms. The lowest BCUT2D eigenvalue weighted by atomic mass is 9.41. The second-order valence-electron chi connectivity index (χ2n) is 10.6. The minimum absolute atomic E-state index is 0.0122. The molecule has 4 aliphatic rings. The van der Waals surface area contributed by atoms with Gasteiger partial charge in [0.2, 0.25) is 0 Å². The van der Waals surface area contributed by atoms with Gasteiger partial charge in [0.1, 0.15) is 11.5 Å². The van der Waals surface area contributed by atoms with Crippen LogP contribution in [0.15, 0.2) is 23.7 Å². The highest BCUT2D eigenvalue weighted by Crippen LogP contribution is 2.68. The van der Waals surface area contributed by atoms with Crippen LogP contribution in [0.25, 0.3) is 0 Å². The van der Waals surface area contributed by atoms with Gasteiger partial charge < -0.3 is 9.84 Å². The summed E-state index contributed by atoms with van der Waals surface area (Å²) in [5.74, 6) is 1.15. The molecule has 0 aromatic rings. The van der Waals surface area contributed by atoms with E-state index in [-0.39, 0.29) is 39.6 Å². The number of methoxy groups -OCH3 is 1. The average molecular weight is 395 g/mol. The molecule has 1 heterocycles. The van der Waals surface area contributed by atoms with Crippen molar-refractivity contribution in [1.29, 1.82) is 0 Å². The molecular formula is C22H34O4S. The zero-order chi connectivity index (χ0) is 19.8. The van der Waals surface area contributed by atoms with Crippen molar-refractivity contribution in [1.82, 2.24) is 0 Å². The van der Waals surface area contributed by atoms with E-state index in [9.17, 15) is 13.5 Å². The fourth-order valence-corrected chi connectivity index (χ4v) is 10.3. The average Bonchev–Trinajstić information content (AvgIpc) is 2.56. The summed E-state index contributed by atoms with van der Waals surface area (Å²) in [5.41, 5.74) is 0.0614. The summed E-state index contributed by atoms with van der Waals surface area (Å²) < 4.78 is 32.0. The second kappa shape index (κ2) is 5.77. The lowest BCUT2D eigenvalue weighted by Crippen LogP contribution is -2.64. The molecule has 6 atom stereocenters. The normalized spacial score (nSPS) is 47.6. The van der Waals surface area contributed by atoms with E-state index in [0.29, 0.717) is 11.7 Å². The van der Waals surface area contributed by atoms with Gasteiger partial charge in [-0.3, -0.25) is 0 Å². The van der Waals surface area contributed by atoms with E-state index in [0.717, 1.165) is 25.7 Å². The molecule has 152 valence electrons. The highest BCUT2D eigenvalue weighted by atomic mass is 32.2. The summed E-state index contributed by atoms with van der Waals surface area (Å²) in [7, 11) is -1.83. The lowest BCUT2D eigenvalue weighted by molar-refractivity contribution is -0.140. The fourth-order valence-electron chi connectivity index (χ4n) is 7.64. The number of sulfone groups is 1. The van der Waals surface area contributed by atoms with Crippen LogP contribution in [0.3, 0.4) is 0 Å². The first-order valence-electron chi connectivity index (χ1n) is 10.3. The minimum atomic E-state index is -3.35. The van der Waals surface area contributed by atoms with Gasteiger partial charge in [0.15, 0.2) is 9.84 Å². The number of hydrogen-bond donors (Lipinski definition) is 1. The smallest absolute Gasteiger partial charge is 0.157 e. The number of ether oxygens (including phenoxy) is 1. The summed E-state index contributed by atoms with van der Waals surface area (Å²) in [4.78, 5) is 0. The van der Waals surface area contributed by atoms with E-state index in [1.54, 1.807) is 12.2 Å². The third-order valence-corrected chi connectivity index (χ3v) is 10.9. The quantitative estimate of drug-likeness (QED) is 0.704. The van der Waals surface area contributed by atoms with Crippen molar-refractivity contribution in [3.8, 4) is 0 Å². The van der Waals surface area contributed by atoms with E-state index in [4.69, 9.17) is 4.74 Å². The first-order valence-corrected chi connectivity index (χ1v) is 12.1. The minimum Gasteiger partial charge on any atom is -0.512 e. The number of aliphatic hydroxyl groups excluding tert-OH is 1. The van der Waals surface area contributed by atoms with E-state index in [1.165, 1.54) is 13.5 Å². The number of allylic oxidation sites excluding steroid dienone is 2. The van der Waals surface area contributed by atoms with Crippen molar-refractivity contribution in [3.63, 3.8) is 0 Å². The SMILES string of the molecule is COC1=CC2C(C(O)=C1)[C@]1(C)CC[C@H]3C(C)(C)CCC[C@]3(C)[C@H]1CS2(=O)=O. The molecule has 4 nitrogen and oxygen atoms in total. The molecule has 27 heavy (non-hydrogen) atoms. The monoisotopic (exact) mass is 394 g/mol. The Hall–Kier alpha value is -0.970. The van der Waals surface area contributed by atoms with Crippen molar-refractivity contribution in [2.24, 2.45) is 34.0 Å². The van der Waals surface area contributed by atoms with Crippen molar-refractivity contribution in [2.45, 2.75) is 65.0 Å². The van der Waals surface area contributed by atoms with Crippen LogP contribution in [-0.2, 0) is 14.6 Å². The Morgan fingerprint density at radius 2 is 1.78 bits per heavy atom. The molecule has 1 aliphatic heterocycles. The molecule has 0 aromatic carbocycles. The van der Waals surface area contributed by atoms with Crippen molar-refractivity contribution >= 4 is 9.84 Å². The van der Waals surface area contributed by atoms with Gasteiger partial charge in [-0.1, -0.05) is 34.1 Å². The molecule has 0 amide bonds. The highest BCUT2D eigenvalue weighted by molar-refractivity contribution is 7.92. The summed E-state index contributed by atoms with van der Waals surface area (Å²) in [6.45, 7) is 9.31. The van der Waals surface area contributed by atoms with Gasteiger partial charge in [-0.15, -0.1) is 0 Å². The molecule has 0 aromatic heterocycles. The lowest BCUT2D eigenvalue weighted by Gasteiger charge is -2.66.